The van der Waals surface area contributed by atoms with Gasteiger partial charge in [-0.2, -0.15) is 0 Å². The van der Waals surface area contributed by atoms with Crippen LogP contribution < -0.4 is 0 Å². The van der Waals surface area contributed by atoms with Crippen LogP contribution in [0, 0.1) is 0 Å². The number of allylic oxidation sites excluding steroid dienone is 4. The number of carbonyl (C=O) groups excluding carboxylic acids is 1. The van der Waals surface area contributed by atoms with E-state index in [1.807, 2.05) is 0 Å². The number of ether oxygens (including phenoxy) is 2. The van der Waals surface area contributed by atoms with Crippen molar-refractivity contribution < 1.29 is 19.4 Å². The Morgan fingerprint density at radius 3 is 1.20 bits per heavy atom. The molecule has 1 N–H and O–H groups in total. The minimum atomic E-state index is -1.23. The first-order chi connectivity index (χ1) is 22.1. The standard InChI is InChI=1S/C40H74O4S/c1-3-5-7-9-11-13-15-17-19-21-23-25-27-29-31-33-35-43-39(45)37-38(41)40(42)44-36-34-32-30-28-26-24-22-20-18-16-14-12-10-8-6-4-2/h17-20,38,41H,3-16,21-37H2,1-2H3/b19-17-,20-18-. The van der Waals surface area contributed by atoms with E-state index >= 15 is 0 Å². The number of aliphatic hydroxyl groups excluding tert-OH is 1. The Hall–Kier alpha value is -1.20. The second kappa shape index (κ2) is 37.3. The summed E-state index contributed by atoms with van der Waals surface area (Å²) in [6.45, 7) is 5.45. The molecule has 0 fully saturated rings. The zero-order valence-corrected chi connectivity index (χ0v) is 30.7. The molecule has 0 aromatic carbocycles. The lowest BCUT2D eigenvalue weighted by molar-refractivity contribution is -0.153. The van der Waals surface area contributed by atoms with E-state index in [0.29, 0.717) is 18.3 Å². The SMILES string of the molecule is CCCCCCCC/C=C\CCCCCCCCOC(=O)C(O)CC(=S)OCCCCCCCC/C=C\CCCCCCCC. The first-order valence-electron chi connectivity index (χ1n) is 19.4. The first kappa shape index (κ1) is 43.8. The van der Waals surface area contributed by atoms with Crippen molar-refractivity contribution in [3.63, 3.8) is 0 Å². The highest BCUT2D eigenvalue weighted by molar-refractivity contribution is 7.80. The van der Waals surface area contributed by atoms with Gasteiger partial charge in [-0.1, -0.05) is 154 Å². The van der Waals surface area contributed by atoms with Gasteiger partial charge < -0.3 is 14.6 Å². The summed E-state index contributed by atoms with van der Waals surface area (Å²) in [5.74, 6) is -0.592. The highest BCUT2D eigenvalue weighted by Gasteiger charge is 2.19. The maximum Gasteiger partial charge on any atom is 0.335 e. The second-order valence-electron chi connectivity index (χ2n) is 13.0. The van der Waals surface area contributed by atoms with Gasteiger partial charge in [-0.25, -0.2) is 4.79 Å². The second-order valence-corrected chi connectivity index (χ2v) is 13.4. The van der Waals surface area contributed by atoms with Crippen molar-refractivity contribution in [1.82, 2.24) is 0 Å². The van der Waals surface area contributed by atoms with Crippen LogP contribution in [0.4, 0.5) is 0 Å². The number of rotatable bonds is 35. The molecule has 1 unspecified atom stereocenters. The molecule has 0 radical (unpaired) electrons. The molecule has 0 aliphatic carbocycles. The molecule has 0 aromatic rings. The van der Waals surface area contributed by atoms with Crippen LogP contribution in [0.1, 0.15) is 200 Å². The zero-order chi connectivity index (χ0) is 32.9. The molecule has 264 valence electrons. The number of carbonyl (C=O) groups is 1. The fourth-order valence-corrected chi connectivity index (χ4v) is 5.70. The van der Waals surface area contributed by atoms with E-state index in [2.05, 4.69) is 38.2 Å². The Bertz CT molecular complexity index is 690. The van der Waals surface area contributed by atoms with Crippen LogP contribution >= 0.6 is 12.2 Å². The molecule has 0 saturated carbocycles. The van der Waals surface area contributed by atoms with Crippen molar-refractivity contribution in [3.05, 3.63) is 24.3 Å². The predicted molar refractivity (Wildman–Crippen MR) is 199 cm³/mol. The van der Waals surface area contributed by atoms with E-state index in [1.54, 1.807) is 0 Å². The molecule has 0 rings (SSSR count). The molecule has 0 aromatic heterocycles. The quantitative estimate of drug-likeness (QED) is 0.0320. The normalized spacial score (nSPS) is 12.3. The molecule has 0 heterocycles. The van der Waals surface area contributed by atoms with Gasteiger partial charge >= 0.3 is 5.97 Å². The zero-order valence-electron chi connectivity index (χ0n) is 29.9. The summed E-state index contributed by atoms with van der Waals surface area (Å²) in [6.07, 6.45) is 43.5. The average molecular weight is 651 g/mol. The van der Waals surface area contributed by atoms with Crippen molar-refractivity contribution >= 4 is 23.2 Å². The minimum absolute atomic E-state index is 0.0357. The molecule has 0 saturated heterocycles. The molecule has 0 aliphatic rings. The van der Waals surface area contributed by atoms with Crippen LogP contribution in [0.5, 0.6) is 0 Å². The first-order valence-corrected chi connectivity index (χ1v) is 19.8. The van der Waals surface area contributed by atoms with Gasteiger partial charge in [-0.05, 0) is 76.4 Å². The Morgan fingerprint density at radius 2 is 0.822 bits per heavy atom. The lowest BCUT2D eigenvalue weighted by Crippen LogP contribution is -2.26. The van der Waals surface area contributed by atoms with Gasteiger partial charge in [0.25, 0.3) is 0 Å². The van der Waals surface area contributed by atoms with Crippen molar-refractivity contribution in [2.75, 3.05) is 13.2 Å². The molecule has 5 heteroatoms. The number of esters is 1. The van der Waals surface area contributed by atoms with E-state index < -0.39 is 12.1 Å². The molecule has 0 aliphatic heterocycles. The summed E-state index contributed by atoms with van der Waals surface area (Å²) in [5.41, 5.74) is 0. The fraction of sp³-hybridized carbons (Fsp3) is 0.850. The van der Waals surface area contributed by atoms with Crippen molar-refractivity contribution in [2.24, 2.45) is 0 Å². The lowest BCUT2D eigenvalue weighted by atomic mass is 10.1. The molecule has 0 spiro atoms. The monoisotopic (exact) mass is 651 g/mol. The van der Waals surface area contributed by atoms with E-state index in [1.165, 1.54) is 148 Å². The minimum Gasteiger partial charge on any atom is -0.487 e. The molecular weight excluding hydrogens is 577 g/mol. The van der Waals surface area contributed by atoms with Gasteiger partial charge in [0, 0.05) is 0 Å². The summed E-state index contributed by atoms with van der Waals surface area (Å²) in [4.78, 5) is 12.1. The molecule has 4 nitrogen and oxygen atoms in total. The van der Waals surface area contributed by atoms with Crippen LogP contribution in [0.2, 0.25) is 0 Å². The molecule has 1 atom stereocenters. The summed E-state index contributed by atoms with van der Waals surface area (Å²) >= 11 is 5.22. The largest absolute Gasteiger partial charge is 0.487 e. The third-order valence-corrected chi connectivity index (χ3v) is 8.74. The average Bonchev–Trinajstić information content (AvgIpc) is 3.03. The van der Waals surface area contributed by atoms with Crippen molar-refractivity contribution in [1.29, 1.82) is 0 Å². The topological polar surface area (TPSA) is 55.8 Å². The smallest absolute Gasteiger partial charge is 0.335 e. The van der Waals surface area contributed by atoms with E-state index in [4.69, 9.17) is 21.7 Å². The molecule has 45 heavy (non-hydrogen) atoms. The third-order valence-electron chi connectivity index (χ3n) is 8.45. The third kappa shape index (κ3) is 35.5. The molecule has 0 bridgehead atoms. The van der Waals surface area contributed by atoms with Crippen molar-refractivity contribution in [2.45, 2.75) is 206 Å². The predicted octanol–water partition coefficient (Wildman–Crippen LogP) is 12.7. The Balaban J connectivity index is 3.45. The van der Waals surface area contributed by atoms with Crippen LogP contribution in [0.25, 0.3) is 0 Å². The van der Waals surface area contributed by atoms with Gasteiger partial charge in [0.15, 0.2) is 11.2 Å². The van der Waals surface area contributed by atoms with E-state index in [-0.39, 0.29) is 6.42 Å². The van der Waals surface area contributed by atoms with E-state index in [0.717, 1.165) is 32.1 Å². The van der Waals surface area contributed by atoms with Crippen LogP contribution in [0.15, 0.2) is 24.3 Å². The summed E-state index contributed by atoms with van der Waals surface area (Å²) < 4.78 is 10.8. The number of unbranched alkanes of at least 4 members (excludes halogenated alkanes) is 24. The summed E-state index contributed by atoms with van der Waals surface area (Å²) in [5, 5.41) is 10.4. The van der Waals surface area contributed by atoms with Gasteiger partial charge in [-0.3, -0.25) is 0 Å². The molecule has 0 amide bonds. The van der Waals surface area contributed by atoms with Crippen LogP contribution in [0.3, 0.4) is 0 Å². The van der Waals surface area contributed by atoms with Crippen LogP contribution in [-0.2, 0) is 14.3 Å². The number of thiocarbonyl (C=S) groups is 1. The summed E-state index contributed by atoms with van der Waals surface area (Å²) in [7, 11) is 0. The fourth-order valence-electron chi connectivity index (χ4n) is 5.45. The van der Waals surface area contributed by atoms with Crippen LogP contribution in [-0.4, -0.2) is 35.4 Å². The van der Waals surface area contributed by atoms with Gasteiger partial charge in [0.1, 0.15) is 0 Å². The Labute approximate surface area is 285 Å². The van der Waals surface area contributed by atoms with Gasteiger partial charge in [0.05, 0.1) is 19.6 Å². The highest BCUT2D eigenvalue weighted by Crippen LogP contribution is 2.12. The number of hydrogen-bond acceptors (Lipinski definition) is 5. The lowest BCUT2D eigenvalue weighted by Gasteiger charge is -2.12. The Morgan fingerprint density at radius 1 is 0.511 bits per heavy atom. The number of hydrogen-bond donors (Lipinski definition) is 1. The highest BCUT2D eigenvalue weighted by atomic mass is 32.1. The van der Waals surface area contributed by atoms with Gasteiger partial charge in [-0.15, -0.1) is 0 Å². The van der Waals surface area contributed by atoms with Gasteiger partial charge in [0.2, 0.25) is 0 Å². The number of aliphatic hydroxyl groups is 1. The summed E-state index contributed by atoms with van der Waals surface area (Å²) in [6, 6.07) is 0. The Kier molecular flexibility index (Phi) is 36.3. The van der Waals surface area contributed by atoms with Crippen molar-refractivity contribution in [3.8, 4) is 0 Å². The molecular formula is C40H74O4S. The van der Waals surface area contributed by atoms with E-state index in [9.17, 15) is 9.90 Å². The maximum atomic E-state index is 12.1. The maximum absolute atomic E-state index is 12.1.